The van der Waals surface area contributed by atoms with Crippen molar-refractivity contribution in [3.63, 3.8) is 0 Å². The average molecular weight is 211 g/mol. The van der Waals surface area contributed by atoms with Crippen molar-refractivity contribution in [3.8, 4) is 0 Å². The normalized spacial score (nSPS) is 21.8. The number of hydrogen-bond donors (Lipinski definition) is 1. The van der Waals surface area contributed by atoms with E-state index < -0.39 is 0 Å². The average Bonchev–Trinajstić information content (AvgIpc) is 2.84. The third-order valence-corrected chi connectivity index (χ3v) is 3.59. The van der Waals surface area contributed by atoms with E-state index in [0.717, 1.165) is 13.0 Å². The fourth-order valence-electron chi connectivity index (χ4n) is 2.10. The Balaban J connectivity index is 1.97. The summed E-state index contributed by atoms with van der Waals surface area (Å²) in [5.74, 6) is 0. The van der Waals surface area contributed by atoms with Crippen molar-refractivity contribution in [2.24, 2.45) is 5.73 Å². The van der Waals surface area contributed by atoms with Crippen molar-refractivity contribution in [2.45, 2.75) is 31.7 Å². The summed E-state index contributed by atoms with van der Waals surface area (Å²) in [7, 11) is 0. The van der Waals surface area contributed by atoms with Crippen molar-refractivity contribution in [1.29, 1.82) is 0 Å². The maximum absolute atomic E-state index is 5.54. The van der Waals surface area contributed by atoms with Gasteiger partial charge in [-0.2, -0.15) is 0 Å². The van der Waals surface area contributed by atoms with Crippen LogP contribution in [-0.2, 0) is 0 Å². The predicted molar refractivity (Wildman–Crippen MR) is 60.8 cm³/mol. The van der Waals surface area contributed by atoms with Gasteiger partial charge >= 0.3 is 0 Å². The van der Waals surface area contributed by atoms with Gasteiger partial charge in [0.25, 0.3) is 0 Å². The van der Waals surface area contributed by atoms with E-state index in [2.05, 4.69) is 9.88 Å². The molecule has 1 aromatic heterocycles. The van der Waals surface area contributed by atoms with Crippen LogP contribution in [0.5, 0.6) is 0 Å². The van der Waals surface area contributed by atoms with Gasteiger partial charge in [0.1, 0.15) is 0 Å². The van der Waals surface area contributed by atoms with Gasteiger partial charge in [-0.1, -0.05) is 0 Å². The first-order chi connectivity index (χ1) is 6.92. The summed E-state index contributed by atoms with van der Waals surface area (Å²) in [5, 5.41) is 3.23. The van der Waals surface area contributed by atoms with Crippen LogP contribution in [0.25, 0.3) is 0 Å². The fraction of sp³-hybridized carbons (Fsp3) is 0.700. The highest BCUT2D eigenvalue weighted by atomic mass is 32.1. The second kappa shape index (κ2) is 4.75. The largest absolute Gasteiger partial charge is 0.345 e. The highest BCUT2D eigenvalue weighted by Gasteiger charge is 2.25. The zero-order chi connectivity index (χ0) is 9.80. The van der Waals surface area contributed by atoms with Crippen LogP contribution in [-0.4, -0.2) is 24.1 Å². The fourth-order valence-corrected chi connectivity index (χ4v) is 2.84. The smallest absolute Gasteiger partial charge is 0.185 e. The van der Waals surface area contributed by atoms with Gasteiger partial charge in [-0.15, -0.1) is 11.3 Å². The first-order valence-electron chi connectivity index (χ1n) is 5.28. The maximum Gasteiger partial charge on any atom is 0.185 e. The first-order valence-corrected chi connectivity index (χ1v) is 6.16. The van der Waals surface area contributed by atoms with E-state index >= 15 is 0 Å². The third-order valence-electron chi connectivity index (χ3n) is 2.78. The number of aromatic nitrogens is 1. The van der Waals surface area contributed by atoms with Gasteiger partial charge in [-0.25, -0.2) is 4.98 Å². The van der Waals surface area contributed by atoms with E-state index in [1.165, 1.54) is 30.9 Å². The summed E-state index contributed by atoms with van der Waals surface area (Å²) in [5.41, 5.74) is 5.54. The Morgan fingerprint density at radius 2 is 2.57 bits per heavy atom. The van der Waals surface area contributed by atoms with Crippen molar-refractivity contribution < 1.29 is 0 Å². The Bertz CT molecular complexity index is 260. The maximum atomic E-state index is 5.54. The molecular weight excluding hydrogens is 194 g/mol. The molecule has 2 rings (SSSR count). The molecule has 3 nitrogen and oxygen atoms in total. The molecule has 78 valence electrons. The molecular formula is C10H17N3S. The highest BCUT2D eigenvalue weighted by Crippen LogP contribution is 2.29. The number of nitrogens with two attached hydrogens (primary N) is 1. The zero-order valence-corrected chi connectivity index (χ0v) is 9.17. The van der Waals surface area contributed by atoms with Crippen LogP contribution in [0.1, 0.15) is 25.7 Å². The molecule has 4 heteroatoms. The minimum atomic E-state index is 0.685. The lowest BCUT2D eigenvalue weighted by molar-refractivity contribution is 0.585. The molecule has 0 bridgehead atoms. The van der Waals surface area contributed by atoms with E-state index in [9.17, 15) is 0 Å². The van der Waals surface area contributed by atoms with Gasteiger partial charge in [0.05, 0.1) is 0 Å². The lowest BCUT2D eigenvalue weighted by Gasteiger charge is -2.23. The molecule has 1 aromatic rings. The number of anilines is 1. The molecule has 1 aliphatic rings. The number of rotatable bonds is 4. The molecule has 1 unspecified atom stereocenters. The standard InChI is InChI=1S/C10H17N3S/c11-5-1-3-9-4-2-7-13(9)10-12-6-8-14-10/h6,8-9H,1-5,7,11H2. The number of nitrogens with zero attached hydrogens (tertiary/aromatic N) is 2. The summed E-state index contributed by atoms with van der Waals surface area (Å²) >= 11 is 1.74. The second-order valence-electron chi connectivity index (χ2n) is 3.74. The van der Waals surface area contributed by atoms with Gasteiger partial charge in [0.2, 0.25) is 0 Å². The molecule has 0 aromatic carbocycles. The SMILES string of the molecule is NCCCC1CCCN1c1nccs1. The summed E-state index contributed by atoms with van der Waals surface area (Å²) in [6.45, 7) is 1.98. The van der Waals surface area contributed by atoms with E-state index in [-0.39, 0.29) is 0 Å². The minimum absolute atomic E-state index is 0.685. The highest BCUT2D eigenvalue weighted by molar-refractivity contribution is 7.13. The van der Waals surface area contributed by atoms with E-state index in [4.69, 9.17) is 5.73 Å². The third kappa shape index (κ3) is 2.07. The summed E-state index contributed by atoms with van der Waals surface area (Å²) < 4.78 is 0. The van der Waals surface area contributed by atoms with Gasteiger partial charge < -0.3 is 10.6 Å². The van der Waals surface area contributed by atoms with Crippen LogP contribution in [0.4, 0.5) is 5.13 Å². The van der Waals surface area contributed by atoms with Gasteiger partial charge in [0, 0.05) is 24.2 Å². The molecule has 1 aliphatic heterocycles. The minimum Gasteiger partial charge on any atom is -0.345 e. The van der Waals surface area contributed by atoms with Crippen molar-refractivity contribution >= 4 is 16.5 Å². The van der Waals surface area contributed by atoms with Gasteiger partial charge in [-0.3, -0.25) is 0 Å². The Labute approximate surface area is 88.9 Å². The lowest BCUT2D eigenvalue weighted by atomic mass is 10.1. The molecule has 0 saturated carbocycles. The van der Waals surface area contributed by atoms with Crippen molar-refractivity contribution in [3.05, 3.63) is 11.6 Å². The second-order valence-corrected chi connectivity index (χ2v) is 4.61. The Morgan fingerprint density at radius 1 is 1.64 bits per heavy atom. The number of hydrogen-bond acceptors (Lipinski definition) is 4. The van der Waals surface area contributed by atoms with Crippen LogP contribution in [0.2, 0.25) is 0 Å². The van der Waals surface area contributed by atoms with Gasteiger partial charge in [-0.05, 0) is 32.2 Å². The molecule has 0 spiro atoms. The molecule has 0 radical (unpaired) electrons. The monoisotopic (exact) mass is 211 g/mol. The lowest BCUT2D eigenvalue weighted by Crippen LogP contribution is -2.29. The van der Waals surface area contributed by atoms with E-state index in [1.807, 2.05) is 11.6 Å². The molecule has 0 amide bonds. The summed E-state index contributed by atoms with van der Waals surface area (Å²) in [6.07, 6.45) is 6.84. The summed E-state index contributed by atoms with van der Waals surface area (Å²) in [6, 6.07) is 0.685. The molecule has 0 aliphatic carbocycles. The van der Waals surface area contributed by atoms with Crippen LogP contribution in [0.3, 0.4) is 0 Å². The Kier molecular flexibility index (Phi) is 3.37. The van der Waals surface area contributed by atoms with Crippen LogP contribution >= 0.6 is 11.3 Å². The quantitative estimate of drug-likeness (QED) is 0.826. The topological polar surface area (TPSA) is 42.1 Å². The summed E-state index contributed by atoms with van der Waals surface area (Å²) in [4.78, 5) is 6.81. The molecule has 14 heavy (non-hydrogen) atoms. The van der Waals surface area contributed by atoms with Crippen LogP contribution in [0, 0.1) is 0 Å². The zero-order valence-electron chi connectivity index (χ0n) is 8.35. The van der Waals surface area contributed by atoms with E-state index in [0.29, 0.717) is 6.04 Å². The number of thiazole rings is 1. The van der Waals surface area contributed by atoms with Crippen LogP contribution in [0.15, 0.2) is 11.6 Å². The first kappa shape index (κ1) is 9.93. The predicted octanol–water partition coefficient (Wildman–Crippen LogP) is 1.85. The van der Waals surface area contributed by atoms with E-state index in [1.54, 1.807) is 11.3 Å². The molecule has 2 heterocycles. The van der Waals surface area contributed by atoms with Gasteiger partial charge in [0.15, 0.2) is 5.13 Å². The molecule has 1 atom stereocenters. The van der Waals surface area contributed by atoms with Crippen molar-refractivity contribution in [2.75, 3.05) is 18.0 Å². The Hall–Kier alpha value is -0.610. The molecule has 2 N–H and O–H groups in total. The molecule has 1 fully saturated rings. The molecule has 1 saturated heterocycles. The Morgan fingerprint density at radius 3 is 3.29 bits per heavy atom. The van der Waals surface area contributed by atoms with Crippen molar-refractivity contribution in [1.82, 2.24) is 4.98 Å². The van der Waals surface area contributed by atoms with Crippen LogP contribution < -0.4 is 10.6 Å².